The van der Waals surface area contributed by atoms with Gasteiger partial charge in [-0.05, 0) is 38.1 Å². The molecule has 1 aromatic carbocycles. The van der Waals surface area contributed by atoms with Crippen LogP contribution in [0.15, 0.2) is 18.2 Å². The van der Waals surface area contributed by atoms with Gasteiger partial charge in [0, 0.05) is 45.1 Å². The Balaban J connectivity index is 1.73. The van der Waals surface area contributed by atoms with E-state index in [-0.39, 0.29) is 16.6 Å². The monoisotopic (exact) mass is 402 g/mol. The maximum Gasteiger partial charge on any atom is 0.223 e. The number of hydrogen-bond acceptors (Lipinski definition) is 3. The number of nitrogens with zero attached hydrogens (tertiary/aromatic N) is 1. The highest BCUT2D eigenvalue weighted by Gasteiger charge is 2.25. The lowest BCUT2D eigenvalue weighted by molar-refractivity contribution is -0.126. The summed E-state index contributed by atoms with van der Waals surface area (Å²) in [5, 5.41) is 4.51. The summed E-state index contributed by atoms with van der Waals surface area (Å²) in [7, 11) is 0. The standard InChI is InChI=1S/C19H28Cl2N2OS/c1-19(2,3)25-12-9-22-18(24)14-7-10-23(11-8-14)13-15-16(20)5-4-6-17(15)21/h4-6,14H,7-13H2,1-3H3,(H,22,24). The number of nitrogens with one attached hydrogen (secondary N) is 1. The van der Waals surface area contributed by atoms with Gasteiger partial charge in [0.2, 0.25) is 5.91 Å². The first-order chi connectivity index (χ1) is 11.8. The topological polar surface area (TPSA) is 32.3 Å². The lowest BCUT2D eigenvalue weighted by atomic mass is 9.95. The Morgan fingerprint density at radius 3 is 2.40 bits per heavy atom. The number of amides is 1. The zero-order chi connectivity index (χ0) is 18.4. The normalized spacial score (nSPS) is 16.8. The minimum atomic E-state index is 0.123. The Labute approximate surface area is 165 Å². The fourth-order valence-corrected chi connectivity index (χ4v) is 4.27. The van der Waals surface area contributed by atoms with Crippen LogP contribution in [0.3, 0.4) is 0 Å². The zero-order valence-electron chi connectivity index (χ0n) is 15.3. The second-order valence-corrected chi connectivity index (χ2v) is 10.2. The zero-order valence-corrected chi connectivity index (χ0v) is 17.6. The molecule has 1 heterocycles. The van der Waals surface area contributed by atoms with E-state index >= 15 is 0 Å². The van der Waals surface area contributed by atoms with Crippen LogP contribution in [0.25, 0.3) is 0 Å². The van der Waals surface area contributed by atoms with Crippen molar-refractivity contribution >= 4 is 40.9 Å². The van der Waals surface area contributed by atoms with Crippen LogP contribution in [0.2, 0.25) is 10.0 Å². The van der Waals surface area contributed by atoms with E-state index in [0.29, 0.717) is 10.0 Å². The van der Waals surface area contributed by atoms with Crippen molar-refractivity contribution in [2.24, 2.45) is 5.92 Å². The van der Waals surface area contributed by atoms with Crippen LogP contribution < -0.4 is 5.32 Å². The summed E-state index contributed by atoms with van der Waals surface area (Å²) < 4.78 is 0.246. The highest BCUT2D eigenvalue weighted by Crippen LogP contribution is 2.28. The van der Waals surface area contributed by atoms with Crippen LogP contribution in [0.1, 0.15) is 39.2 Å². The number of carbonyl (C=O) groups excluding carboxylic acids is 1. The molecule has 25 heavy (non-hydrogen) atoms. The number of halogens is 2. The van der Waals surface area contributed by atoms with Crippen molar-refractivity contribution in [2.75, 3.05) is 25.4 Å². The average molecular weight is 403 g/mol. The van der Waals surface area contributed by atoms with Gasteiger partial charge in [0.1, 0.15) is 0 Å². The Hall–Kier alpha value is -0.420. The summed E-state index contributed by atoms with van der Waals surface area (Å²) in [6, 6.07) is 5.61. The Bertz CT molecular complexity index is 561. The molecule has 1 aromatic rings. The predicted molar refractivity (Wildman–Crippen MR) is 110 cm³/mol. The quantitative estimate of drug-likeness (QED) is 0.689. The second kappa shape index (κ2) is 9.50. The fraction of sp³-hybridized carbons (Fsp3) is 0.632. The van der Waals surface area contributed by atoms with Gasteiger partial charge < -0.3 is 5.32 Å². The minimum absolute atomic E-state index is 0.123. The van der Waals surface area contributed by atoms with Crippen molar-refractivity contribution in [2.45, 2.75) is 44.9 Å². The van der Waals surface area contributed by atoms with E-state index in [9.17, 15) is 4.79 Å². The van der Waals surface area contributed by atoms with Crippen LogP contribution in [0.5, 0.6) is 0 Å². The van der Waals surface area contributed by atoms with E-state index in [0.717, 1.165) is 50.3 Å². The van der Waals surface area contributed by atoms with Crippen molar-refractivity contribution in [3.8, 4) is 0 Å². The average Bonchev–Trinajstić information content (AvgIpc) is 2.55. The van der Waals surface area contributed by atoms with Crippen molar-refractivity contribution in [1.29, 1.82) is 0 Å². The highest BCUT2D eigenvalue weighted by atomic mass is 35.5. The summed E-state index contributed by atoms with van der Waals surface area (Å²) >= 11 is 14.4. The molecule has 1 N–H and O–H groups in total. The molecule has 1 fully saturated rings. The number of rotatable bonds is 6. The van der Waals surface area contributed by atoms with Crippen molar-refractivity contribution in [3.63, 3.8) is 0 Å². The molecule has 140 valence electrons. The van der Waals surface area contributed by atoms with Crippen LogP contribution in [0, 0.1) is 5.92 Å². The first-order valence-electron chi connectivity index (χ1n) is 8.83. The Kier molecular flexibility index (Phi) is 7.93. The Morgan fingerprint density at radius 1 is 1.24 bits per heavy atom. The summed E-state index contributed by atoms with van der Waals surface area (Å²) in [5.74, 6) is 1.28. The third-order valence-electron chi connectivity index (χ3n) is 4.34. The molecule has 0 atom stereocenters. The van der Waals surface area contributed by atoms with Crippen LogP contribution in [0.4, 0.5) is 0 Å². The molecule has 0 saturated carbocycles. The molecule has 0 radical (unpaired) electrons. The van der Waals surface area contributed by atoms with E-state index in [1.807, 2.05) is 30.0 Å². The largest absolute Gasteiger partial charge is 0.355 e. The summed E-state index contributed by atoms with van der Waals surface area (Å²) in [6.45, 7) is 9.87. The van der Waals surface area contributed by atoms with E-state index in [1.165, 1.54) is 0 Å². The van der Waals surface area contributed by atoms with Gasteiger partial charge in [-0.2, -0.15) is 11.8 Å². The van der Waals surface area contributed by atoms with Crippen LogP contribution in [-0.4, -0.2) is 40.9 Å². The fourth-order valence-electron chi connectivity index (χ4n) is 2.94. The molecule has 6 heteroatoms. The lowest BCUT2D eigenvalue weighted by Gasteiger charge is -2.31. The summed E-state index contributed by atoms with van der Waals surface area (Å²) in [6.07, 6.45) is 1.78. The van der Waals surface area contributed by atoms with Gasteiger partial charge >= 0.3 is 0 Å². The number of piperidine rings is 1. The predicted octanol–water partition coefficient (Wildman–Crippen LogP) is 4.85. The molecule has 1 saturated heterocycles. The molecule has 1 aliphatic rings. The summed E-state index contributed by atoms with van der Waals surface area (Å²) in [4.78, 5) is 14.6. The molecule has 1 aliphatic heterocycles. The van der Waals surface area contributed by atoms with E-state index in [2.05, 4.69) is 31.0 Å². The third-order valence-corrected chi connectivity index (χ3v) is 6.32. The van der Waals surface area contributed by atoms with Gasteiger partial charge in [-0.25, -0.2) is 0 Å². The molecule has 0 aliphatic carbocycles. The number of hydrogen-bond donors (Lipinski definition) is 1. The first kappa shape index (κ1) is 20.9. The smallest absolute Gasteiger partial charge is 0.223 e. The molecular formula is C19H28Cl2N2OS. The van der Waals surface area contributed by atoms with Crippen molar-refractivity contribution in [1.82, 2.24) is 10.2 Å². The SMILES string of the molecule is CC(C)(C)SCCNC(=O)C1CCN(Cc2c(Cl)cccc2Cl)CC1. The first-order valence-corrected chi connectivity index (χ1v) is 10.6. The minimum Gasteiger partial charge on any atom is -0.355 e. The number of thioether (sulfide) groups is 1. The van der Waals surface area contributed by atoms with E-state index in [4.69, 9.17) is 23.2 Å². The third kappa shape index (κ3) is 7.01. The van der Waals surface area contributed by atoms with Crippen LogP contribution in [-0.2, 0) is 11.3 Å². The maximum atomic E-state index is 12.3. The second-order valence-electron chi connectivity index (χ2n) is 7.50. The van der Waals surface area contributed by atoms with Crippen LogP contribution >= 0.6 is 35.0 Å². The van der Waals surface area contributed by atoms with E-state index in [1.54, 1.807) is 0 Å². The molecule has 3 nitrogen and oxygen atoms in total. The van der Waals surface area contributed by atoms with Gasteiger partial charge in [0.15, 0.2) is 0 Å². The van der Waals surface area contributed by atoms with Crippen molar-refractivity contribution < 1.29 is 4.79 Å². The van der Waals surface area contributed by atoms with Crippen molar-refractivity contribution in [3.05, 3.63) is 33.8 Å². The maximum absolute atomic E-state index is 12.3. The molecule has 1 amide bonds. The molecule has 0 unspecified atom stereocenters. The molecule has 0 bridgehead atoms. The summed E-state index contributed by atoms with van der Waals surface area (Å²) in [5.41, 5.74) is 0.980. The Morgan fingerprint density at radius 2 is 1.84 bits per heavy atom. The molecule has 2 rings (SSSR count). The molecular weight excluding hydrogens is 375 g/mol. The number of carbonyl (C=O) groups is 1. The van der Waals surface area contributed by atoms with Gasteiger partial charge in [-0.3, -0.25) is 9.69 Å². The van der Waals surface area contributed by atoms with Gasteiger partial charge in [0.25, 0.3) is 0 Å². The van der Waals surface area contributed by atoms with Gasteiger partial charge in [-0.15, -0.1) is 0 Å². The molecule has 0 spiro atoms. The van der Waals surface area contributed by atoms with Gasteiger partial charge in [0.05, 0.1) is 0 Å². The van der Waals surface area contributed by atoms with E-state index < -0.39 is 0 Å². The number of benzene rings is 1. The number of likely N-dealkylation sites (tertiary alicyclic amines) is 1. The lowest BCUT2D eigenvalue weighted by Crippen LogP contribution is -2.41. The highest BCUT2D eigenvalue weighted by molar-refractivity contribution is 8.00. The van der Waals surface area contributed by atoms with Gasteiger partial charge in [-0.1, -0.05) is 50.0 Å². The molecule has 0 aromatic heterocycles.